The molecule has 0 radical (unpaired) electrons. The Labute approximate surface area is 166 Å². The van der Waals surface area contributed by atoms with Crippen LogP contribution >= 0.6 is 0 Å². The van der Waals surface area contributed by atoms with Gasteiger partial charge in [0, 0.05) is 20.1 Å². The van der Waals surface area contributed by atoms with Crippen LogP contribution in [0.1, 0.15) is 31.2 Å². The number of hydrogen-bond acceptors (Lipinski definition) is 3. The molecule has 1 amide bonds. The molecule has 0 unspecified atom stereocenters. The lowest BCUT2D eigenvalue weighted by molar-refractivity contribution is -0.133. The van der Waals surface area contributed by atoms with Crippen molar-refractivity contribution in [1.29, 1.82) is 0 Å². The van der Waals surface area contributed by atoms with Crippen LogP contribution < -0.4 is 8.61 Å². The minimum Gasteiger partial charge on any atom is -0.342 e. The number of benzene rings is 2. The second-order valence-electron chi connectivity index (χ2n) is 7.45. The Bertz CT molecular complexity index is 969. The van der Waals surface area contributed by atoms with Crippen LogP contribution in [0.25, 0.3) is 0 Å². The zero-order chi connectivity index (χ0) is 19.9. The van der Waals surface area contributed by atoms with E-state index in [4.69, 9.17) is 0 Å². The highest BCUT2D eigenvalue weighted by Crippen LogP contribution is 2.42. The predicted octanol–water partition coefficient (Wildman–Crippen LogP) is 2.98. The molecule has 1 fully saturated rings. The fourth-order valence-corrected chi connectivity index (χ4v) is 5.82. The lowest BCUT2D eigenvalue weighted by atomic mass is 9.97. The van der Waals surface area contributed by atoms with E-state index in [1.54, 1.807) is 11.4 Å². The second-order valence-corrected chi connectivity index (χ2v) is 9.29. The van der Waals surface area contributed by atoms with Crippen molar-refractivity contribution >= 4 is 27.5 Å². The van der Waals surface area contributed by atoms with Crippen LogP contribution in [0, 0.1) is 0 Å². The van der Waals surface area contributed by atoms with Gasteiger partial charge in [0.15, 0.2) is 0 Å². The molecule has 0 spiro atoms. The van der Waals surface area contributed by atoms with Gasteiger partial charge in [-0.05, 0) is 37.5 Å². The van der Waals surface area contributed by atoms with Crippen LogP contribution in [0.3, 0.4) is 0 Å². The molecular weight excluding hydrogens is 374 g/mol. The van der Waals surface area contributed by atoms with Crippen LogP contribution in [-0.2, 0) is 15.0 Å². The SMILES string of the molecule is C[C@H](C(=O)N1CCC(N2c3ccccc3N(C)S2(=O)=O)CC1)c1ccccc1. The van der Waals surface area contributed by atoms with Gasteiger partial charge in [-0.25, -0.2) is 4.31 Å². The average molecular weight is 400 g/mol. The number of nitrogens with zero attached hydrogens (tertiary/aromatic N) is 3. The highest BCUT2D eigenvalue weighted by Gasteiger charge is 2.43. The highest BCUT2D eigenvalue weighted by atomic mass is 32.2. The van der Waals surface area contributed by atoms with Gasteiger partial charge in [0.1, 0.15) is 0 Å². The molecule has 1 saturated heterocycles. The topological polar surface area (TPSA) is 60.9 Å². The fraction of sp³-hybridized carbons (Fsp3) is 0.381. The first-order chi connectivity index (χ1) is 13.4. The number of piperidine rings is 1. The Morgan fingerprint density at radius 1 is 0.964 bits per heavy atom. The molecule has 4 rings (SSSR count). The molecule has 0 aliphatic carbocycles. The van der Waals surface area contributed by atoms with Crippen LogP contribution in [0.2, 0.25) is 0 Å². The standard InChI is InChI=1S/C21H25N3O3S/c1-16(17-8-4-3-5-9-17)21(25)23-14-12-18(13-15-23)24-20-11-7-6-10-19(20)22(2)28(24,26)27/h3-11,16,18H,12-15H2,1-2H3/t16-/m0/s1. The number of rotatable bonds is 3. The van der Waals surface area contributed by atoms with E-state index in [0.717, 1.165) is 11.3 Å². The molecule has 2 aromatic rings. The molecular formula is C21H25N3O3S. The number of para-hydroxylation sites is 2. The quantitative estimate of drug-likeness (QED) is 0.797. The van der Waals surface area contributed by atoms with Crippen molar-refractivity contribution in [1.82, 2.24) is 4.90 Å². The first kappa shape index (κ1) is 18.8. The summed E-state index contributed by atoms with van der Waals surface area (Å²) in [6, 6.07) is 17.0. The van der Waals surface area contributed by atoms with E-state index in [0.29, 0.717) is 31.6 Å². The Morgan fingerprint density at radius 2 is 1.54 bits per heavy atom. The van der Waals surface area contributed by atoms with Gasteiger partial charge in [0.2, 0.25) is 5.91 Å². The van der Waals surface area contributed by atoms with Gasteiger partial charge in [-0.3, -0.25) is 9.10 Å². The summed E-state index contributed by atoms with van der Waals surface area (Å²) in [5.74, 6) is -0.0911. The maximum Gasteiger partial charge on any atom is 0.326 e. The summed E-state index contributed by atoms with van der Waals surface area (Å²) in [7, 11) is -1.97. The maximum absolute atomic E-state index is 12.9. The number of fused-ring (bicyclic) bond motifs is 1. The summed E-state index contributed by atoms with van der Waals surface area (Å²) in [5, 5.41) is 0. The largest absolute Gasteiger partial charge is 0.342 e. The molecule has 28 heavy (non-hydrogen) atoms. The van der Waals surface area contributed by atoms with E-state index >= 15 is 0 Å². The zero-order valence-corrected chi connectivity index (χ0v) is 17.0. The summed E-state index contributed by atoms with van der Waals surface area (Å²) in [6.45, 7) is 3.07. The first-order valence-corrected chi connectivity index (χ1v) is 11.0. The summed E-state index contributed by atoms with van der Waals surface area (Å²) in [4.78, 5) is 14.8. The third-order valence-corrected chi connectivity index (χ3v) is 7.71. The van der Waals surface area contributed by atoms with E-state index in [9.17, 15) is 13.2 Å². The monoisotopic (exact) mass is 399 g/mol. The molecule has 2 heterocycles. The summed E-state index contributed by atoms with van der Waals surface area (Å²) < 4.78 is 28.7. The Hall–Kier alpha value is -2.54. The first-order valence-electron chi connectivity index (χ1n) is 9.62. The van der Waals surface area contributed by atoms with Crippen LogP contribution in [-0.4, -0.2) is 45.4 Å². The Kier molecular flexibility index (Phi) is 4.79. The number of anilines is 2. The van der Waals surface area contributed by atoms with Crippen molar-refractivity contribution in [2.75, 3.05) is 28.7 Å². The normalized spacial score (nSPS) is 20.1. The summed E-state index contributed by atoms with van der Waals surface area (Å²) in [5.41, 5.74) is 2.44. The Balaban J connectivity index is 1.48. The number of likely N-dealkylation sites (tertiary alicyclic amines) is 1. The highest BCUT2D eigenvalue weighted by molar-refractivity contribution is 7.94. The number of amides is 1. The molecule has 1 atom stereocenters. The average Bonchev–Trinajstić information content (AvgIpc) is 2.93. The molecule has 0 bridgehead atoms. The third-order valence-electron chi connectivity index (χ3n) is 5.83. The van der Waals surface area contributed by atoms with Crippen LogP contribution in [0.15, 0.2) is 54.6 Å². The van der Waals surface area contributed by atoms with E-state index in [2.05, 4.69) is 0 Å². The minimum atomic E-state index is -3.56. The van der Waals surface area contributed by atoms with Crippen molar-refractivity contribution in [3.8, 4) is 0 Å². The van der Waals surface area contributed by atoms with Crippen LogP contribution in [0.5, 0.6) is 0 Å². The van der Waals surface area contributed by atoms with Crippen molar-refractivity contribution in [3.63, 3.8) is 0 Å². The number of hydrogen-bond donors (Lipinski definition) is 0. The minimum absolute atomic E-state index is 0.103. The van der Waals surface area contributed by atoms with Crippen molar-refractivity contribution in [3.05, 3.63) is 60.2 Å². The molecule has 0 saturated carbocycles. The van der Waals surface area contributed by atoms with E-state index in [1.165, 1.54) is 4.31 Å². The maximum atomic E-state index is 12.9. The van der Waals surface area contributed by atoms with E-state index < -0.39 is 10.2 Å². The van der Waals surface area contributed by atoms with Gasteiger partial charge in [-0.15, -0.1) is 0 Å². The van der Waals surface area contributed by atoms with Gasteiger partial charge in [0.05, 0.1) is 23.3 Å². The molecule has 148 valence electrons. The van der Waals surface area contributed by atoms with E-state index in [1.807, 2.05) is 66.4 Å². The Morgan fingerprint density at radius 3 is 2.18 bits per heavy atom. The van der Waals surface area contributed by atoms with Crippen molar-refractivity contribution in [2.24, 2.45) is 0 Å². The summed E-state index contributed by atoms with van der Waals surface area (Å²) in [6.07, 6.45) is 1.27. The molecule has 2 aliphatic rings. The van der Waals surface area contributed by atoms with Gasteiger partial charge in [-0.2, -0.15) is 8.42 Å². The molecule has 2 aromatic carbocycles. The fourth-order valence-electron chi connectivity index (χ4n) is 4.16. The van der Waals surface area contributed by atoms with Crippen molar-refractivity contribution in [2.45, 2.75) is 31.7 Å². The van der Waals surface area contributed by atoms with E-state index in [-0.39, 0.29) is 17.9 Å². The second kappa shape index (κ2) is 7.13. The summed E-state index contributed by atoms with van der Waals surface area (Å²) >= 11 is 0. The zero-order valence-electron chi connectivity index (χ0n) is 16.2. The smallest absolute Gasteiger partial charge is 0.326 e. The molecule has 2 aliphatic heterocycles. The molecule has 0 aromatic heterocycles. The van der Waals surface area contributed by atoms with Crippen molar-refractivity contribution < 1.29 is 13.2 Å². The van der Waals surface area contributed by atoms with Gasteiger partial charge in [0.25, 0.3) is 0 Å². The predicted molar refractivity (Wildman–Crippen MR) is 111 cm³/mol. The molecule has 7 heteroatoms. The lowest BCUT2D eigenvalue weighted by Gasteiger charge is -2.37. The molecule has 0 N–H and O–H groups in total. The number of carbonyl (C=O) groups is 1. The lowest BCUT2D eigenvalue weighted by Crippen LogP contribution is -2.50. The van der Waals surface area contributed by atoms with Gasteiger partial charge < -0.3 is 4.90 Å². The van der Waals surface area contributed by atoms with Gasteiger partial charge >= 0.3 is 10.2 Å². The van der Waals surface area contributed by atoms with Gasteiger partial charge in [-0.1, -0.05) is 42.5 Å². The van der Waals surface area contributed by atoms with Crippen LogP contribution in [0.4, 0.5) is 11.4 Å². The third kappa shape index (κ3) is 3.03. The molecule has 6 nitrogen and oxygen atoms in total. The number of carbonyl (C=O) groups excluding carboxylic acids is 1.